The lowest BCUT2D eigenvalue weighted by Crippen LogP contribution is -2.32. The molecule has 2 aromatic rings. The lowest BCUT2D eigenvalue weighted by molar-refractivity contribution is 0.0944. The Kier molecular flexibility index (Phi) is 3.85. The molecule has 0 aliphatic carbocycles. The van der Waals surface area contributed by atoms with E-state index in [2.05, 4.69) is 10.3 Å². The van der Waals surface area contributed by atoms with Crippen molar-refractivity contribution in [2.75, 3.05) is 27.2 Å². The molecule has 0 atom stereocenters. The molecule has 1 N–H and O–H groups in total. The summed E-state index contributed by atoms with van der Waals surface area (Å²) in [5, 5.41) is 2.93. The number of nitrogens with zero attached hydrogens (tertiary/aromatic N) is 3. The van der Waals surface area contributed by atoms with Crippen molar-refractivity contribution in [3.63, 3.8) is 0 Å². The summed E-state index contributed by atoms with van der Waals surface area (Å²) in [5.41, 5.74) is 3.30. The highest BCUT2D eigenvalue weighted by Crippen LogP contribution is 2.14. The normalized spacial score (nSPS) is 11.2. The molecule has 0 aliphatic rings. The summed E-state index contributed by atoms with van der Waals surface area (Å²) >= 11 is 0. The van der Waals surface area contributed by atoms with Crippen molar-refractivity contribution >= 4 is 11.6 Å². The van der Waals surface area contributed by atoms with Crippen molar-refractivity contribution < 1.29 is 4.79 Å². The minimum Gasteiger partial charge on any atom is -0.349 e. The van der Waals surface area contributed by atoms with Crippen molar-refractivity contribution in [2.24, 2.45) is 0 Å². The predicted molar refractivity (Wildman–Crippen MR) is 75.6 cm³/mol. The third-order valence-electron chi connectivity index (χ3n) is 3.08. The zero-order chi connectivity index (χ0) is 14.0. The van der Waals surface area contributed by atoms with Crippen LogP contribution in [0.3, 0.4) is 0 Å². The fourth-order valence-electron chi connectivity index (χ4n) is 2.07. The number of nitrogens with one attached hydrogen (secondary N) is 1. The average molecular weight is 260 g/mol. The van der Waals surface area contributed by atoms with Gasteiger partial charge in [0.05, 0.1) is 5.69 Å². The molecule has 5 nitrogen and oxygen atoms in total. The maximum absolute atomic E-state index is 12.2. The topological polar surface area (TPSA) is 49.6 Å². The Morgan fingerprint density at radius 2 is 2.16 bits per heavy atom. The van der Waals surface area contributed by atoms with Crippen LogP contribution in [0.1, 0.15) is 21.7 Å². The number of fused-ring (bicyclic) bond motifs is 1. The molecule has 2 aromatic heterocycles. The lowest BCUT2D eigenvalue weighted by Gasteiger charge is -2.10. The molecule has 0 saturated carbocycles. The highest BCUT2D eigenvalue weighted by atomic mass is 16.1. The van der Waals surface area contributed by atoms with Gasteiger partial charge in [0.1, 0.15) is 11.3 Å². The van der Waals surface area contributed by atoms with Gasteiger partial charge >= 0.3 is 0 Å². The third-order valence-corrected chi connectivity index (χ3v) is 3.08. The Morgan fingerprint density at radius 3 is 2.84 bits per heavy atom. The van der Waals surface area contributed by atoms with E-state index in [1.165, 1.54) is 0 Å². The number of imidazole rings is 1. The number of aromatic nitrogens is 2. The summed E-state index contributed by atoms with van der Waals surface area (Å²) in [6.45, 7) is 5.31. The summed E-state index contributed by atoms with van der Waals surface area (Å²) in [7, 11) is 3.96. The van der Waals surface area contributed by atoms with Gasteiger partial charge in [-0.15, -0.1) is 0 Å². The van der Waals surface area contributed by atoms with Crippen LogP contribution >= 0.6 is 0 Å². The predicted octanol–water partition coefficient (Wildman–Crippen LogP) is 1.24. The Labute approximate surface area is 113 Å². The number of carbonyl (C=O) groups is 1. The number of hydrogen-bond donors (Lipinski definition) is 1. The Morgan fingerprint density at radius 1 is 1.42 bits per heavy atom. The van der Waals surface area contributed by atoms with Gasteiger partial charge in [0.25, 0.3) is 5.91 Å². The average Bonchev–Trinajstić information content (AvgIpc) is 2.66. The van der Waals surface area contributed by atoms with E-state index in [1.54, 1.807) is 0 Å². The van der Waals surface area contributed by atoms with Gasteiger partial charge in [0.15, 0.2) is 0 Å². The molecular formula is C14H20N4O. The van der Waals surface area contributed by atoms with E-state index in [9.17, 15) is 4.79 Å². The van der Waals surface area contributed by atoms with Gasteiger partial charge < -0.3 is 10.2 Å². The van der Waals surface area contributed by atoms with Crippen LogP contribution in [0.25, 0.3) is 5.65 Å². The second-order valence-corrected chi connectivity index (χ2v) is 4.99. The van der Waals surface area contributed by atoms with Gasteiger partial charge in [-0.3, -0.25) is 9.20 Å². The molecule has 1 amide bonds. The zero-order valence-corrected chi connectivity index (χ0v) is 11.9. The third kappa shape index (κ3) is 2.76. The van der Waals surface area contributed by atoms with Gasteiger partial charge in [0.2, 0.25) is 0 Å². The van der Waals surface area contributed by atoms with Crippen molar-refractivity contribution in [3.05, 3.63) is 35.3 Å². The molecule has 0 saturated heterocycles. The molecule has 2 heterocycles. The van der Waals surface area contributed by atoms with Crippen LogP contribution in [0, 0.1) is 13.8 Å². The summed E-state index contributed by atoms with van der Waals surface area (Å²) in [6.07, 6.45) is 1.88. The number of aryl methyl sites for hydroxylation is 2. The maximum atomic E-state index is 12.2. The molecule has 19 heavy (non-hydrogen) atoms. The highest BCUT2D eigenvalue weighted by Gasteiger charge is 2.16. The van der Waals surface area contributed by atoms with Gasteiger partial charge in [0, 0.05) is 19.3 Å². The van der Waals surface area contributed by atoms with Crippen LogP contribution < -0.4 is 5.32 Å². The molecule has 0 spiro atoms. The summed E-state index contributed by atoms with van der Waals surface area (Å²) in [4.78, 5) is 18.7. The zero-order valence-electron chi connectivity index (χ0n) is 11.9. The maximum Gasteiger partial charge on any atom is 0.270 e. The van der Waals surface area contributed by atoms with Crippen LogP contribution in [0.4, 0.5) is 0 Å². The second-order valence-electron chi connectivity index (χ2n) is 4.99. The van der Waals surface area contributed by atoms with Crippen LogP contribution in [0.5, 0.6) is 0 Å². The molecule has 0 aromatic carbocycles. The number of likely N-dealkylation sites (N-methyl/N-ethyl adjacent to an activating group) is 1. The number of hydrogen-bond acceptors (Lipinski definition) is 3. The smallest absolute Gasteiger partial charge is 0.270 e. The minimum atomic E-state index is -0.0718. The van der Waals surface area contributed by atoms with E-state index in [4.69, 9.17) is 0 Å². The van der Waals surface area contributed by atoms with Gasteiger partial charge in [-0.2, -0.15) is 0 Å². The highest BCUT2D eigenvalue weighted by molar-refractivity contribution is 5.94. The van der Waals surface area contributed by atoms with Crippen LogP contribution in [-0.2, 0) is 0 Å². The molecule has 0 aliphatic heterocycles. The minimum absolute atomic E-state index is 0.0718. The van der Waals surface area contributed by atoms with Crippen molar-refractivity contribution in [3.8, 4) is 0 Å². The molecule has 5 heteroatoms. The molecule has 0 unspecified atom stereocenters. The number of rotatable bonds is 4. The van der Waals surface area contributed by atoms with Gasteiger partial charge in [-0.1, -0.05) is 6.07 Å². The summed E-state index contributed by atoms with van der Waals surface area (Å²) in [5.74, 6) is -0.0718. The first-order valence-electron chi connectivity index (χ1n) is 6.38. The van der Waals surface area contributed by atoms with Crippen LogP contribution in [-0.4, -0.2) is 47.4 Å². The summed E-state index contributed by atoms with van der Waals surface area (Å²) < 4.78 is 1.86. The molecule has 0 radical (unpaired) electrons. The molecule has 2 rings (SSSR count). The van der Waals surface area contributed by atoms with Crippen molar-refractivity contribution in [1.29, 1.82) is 0 Å². The fraction of sp³-hybridized carbons (Fsp3) is 0.429. The monoisotopic (exact) mass is 260 g/mol. The first kappa shape index (κ1) is 13.5. The Balaban J connectivity index is 2.27. The van der Waals surface area contributed by atoms with E-state index in [1.807, 2.05) is 55.6 Å². The first-order chi connectivity index (χ1) is 9.00. The quantitative estimate of drug-likeness (QED) is 0.900. The lowest BCUT2D eigenvalue weighted by atomic mass is 10.3. The second kappa shape index (κ2) is 5.40. The van der Waals surface area contributed by atoms with Crippen LogP contribution in [0.2, 0.25) is 0 Å². The van der Waals surface area contributed by atoms with E-state index in [0.29, 0.717) is 12.2 Å². The van der Waals surface area contributed by atoms with E-state index >= 15 is 0 Å². The van der Waals surface area contributed by atoms with Crippen molar-refractivity contribution in [2.45, 2.75) is 13.8 Å². The molecule has 0 fully saturated rings. The van der Waals surface area contributed by atoms with E-state index in [0.717, 1.165) is 23.4 Å². The SMILES string of the molecule is Cc1nc2c(C)cccn2c1C(=O)NCCN(C)C. The first-order valence-corrected chi connectivity index (χ1v) is 6.38. The van der Waals surface area contributed by atoms with Crippen LogP contribution in [0.15, 0.2) is 18.3 Å². The van der Waals surface area contributed by atoms with Gasteiger partial charge in [-0.25, -0.2) is 4.98 Å². The molecule has 102 valence electrons. The fourth-order valence-corrected chi connectivity index (χ4v) is 2.07. The molecular weight excluding hydrogens is 240 g/mol. The number of carbonyl (C=O) groups excluding carboxylic acids is 1. The molecule has 0 bridgehead atoms. The Bertz CT molecular complexity index is 601. The summed E-state index contributed by atoms with van der Waals surface area (Å²) in [6, 6.07) is 3.93. The number of pyridine rings is 1. The largest absolute Gasteiger partial charge is 0.349 e. The van der Waals surface area contributed by atoms with Gasteiger partial charge in [-0.05, 0) is 39.6 Å². The Hall–Kier alpha value is -1.88. The number of amides is 1. The van der Waals surface area contributed by atoms with E-state index < -0.39 is 0 Å². The van der Waals surface area contributed by atoms with Crippen molar-refractivity contribution in [1.82, 2.24) is 19.6 Å². The van der Waals surface area contributed by atoms with E-state index in [-0.39, 0.29) is 5.91 Å². The standard InChI is InChI=1S/C14H20N4O/c1-10-6-5-8-18-12(11(2)16-13(10)18)14(19)15-7-9-17(3)4/h5-6,8H,7,9H2,1-4H3,(H,15,19).